The van der Waals surface area contributed by atoms with E-state index in [1.807, 2.05) is 48.5 Å². The molecule has 1 aliphatic heterocycles. The second-order valence-electron chi connectivity index (χ2n) is 5.00. The van der Waals surface area contributed by atoms with Gasteiger partial charge < -0.3 is 9.47 Å². The van der Waals surface area contributed by atoms with Gasteiger partial charge in [-0.25, -0.2) is 9.79 Å². The first-order valence-electron chi connectivity index (χ1n) is 7.07. The summed E-state index contributed by atoms with van der Waals surface area (Å²) in [5.74, 6) is 0.568. The number of ether oxygens (including phenoxy) is 2. The Hall–Kier alpha value is -2.59. The lowest BCUT2D eigenvalue weighted by atomic mass is 10.1. The molecule has 0 N–H and O–H groups in total. The summed E-state index contributed by atoms with van der Waals surface area (Å²) in [5.41, 5.74) is 2.04. The lowest BCUT2D eigenvalue weighted by Gasteiger charge is -2.09. The van der Waals surface area contributed by atoms with Gasteiger partial charge in [0, 0.05) is 17.5 Å². The molecule has 23 heavy (non-hydrogen) atoms. The molecule has 0 saturated heterocycles. The number of halogens is 1. The number of benzene rings is 2. The van der Waals surface area contributed by atoms with Crippen LogP contribution in [0.15, 0.2) is 59.2 Å². The summed E-state index contributed by atoms with van der Waals surface area (Å²) >= 11 is 5.87. The van der Waals surface area contributed by atoms with Crippen LogP contribution < -0.4 is 4.74 Å². The van der Waals surface area contributed by atoms with Crippen LogP contribution in [0.25, 0.3) is 6.08 Å². The number of carbonyl (C=O) groups is 1. The third-order valence-corrected chi connectivity index (χ3v) is 3.50. The molecule has 0 bridgehead atoms. The number of carbonyl (C=O) groups excluding carboxylic acids is 1. The molecule has 0 aromatic heterocycles. The fourth-order valence-electron chi connectivity index (χ4n) is 2.14. The monoisotopic (exact) mass is 327 g/mol. The first-order chi connectivity index (χ1) is 11.1. The Morgan fingerprint density at radius 3 is 2.61 bits per heavy atom. The summed E-state index contributed by atoms with van der Waals surface area (Å²) in [6, 6.07) is 14.9. The predicted octanol–water partition coefficient (Wildman–Crippen LogP) is 4.24. The minimum Gasteiger partial charge on any atom is -0.488 e. The molecule has 116 valence electrons. The van der Waals surface area contributed by atoms with Crippen LogP contribution in [-0.4, -0.2) is 11.9 Å². The number of nitrogens with zero attached hydrogens (tertiary/aromatic N) is 1. The second-order valence-corrected chi connectivity index (χ2v) is 5.44. The van der Waals surface area contributed by atoms with E-state index < -0.39 is 5.97 Å². The van der Waals surface area contributed by atoms with E-state index in [1.54, 1.807) is 13.0 Å². The molecule has 0 atom stereocenters. The number of cyclic esters (lactones) is 1. The lowest BCUT2D eigenvalue weighted by molar-refractivity contribution is -0.130. The zero-order chi connectivity index (χ0) is 16.2. The van der Waals surface area contributed by atoms with Gasteiger partial charge in [-0.1, -0.05) is 41.9 Å². The highest BCUT2D eigenvalue weighted by molar-refractivity contribution is 6.30. The van der Waals surface area contributed by atoms with Gasteiger partial charge in [-0.15, -0.1) is 0 Å². The highest BCUT2D eigenvalue weighted by Gasteiger charge is 2.20. The molecule has 0 fully saturated rings. The molecule has 5 heteroatoms. The van der Waals surface area contributed by atoms with Crippen LogP contribution >= 0.6 is 11.6 Å². The SMILES string of the molecule is CC1=N/C(=C/c2ccccc2OCc2ccc(Cl)cc2)C(=O)O1. The summed E-state index contributed by atoms with van der Waals surface area (Å²) < 4.78 is 10.8. The molecule has 0 radical (unpaired) electrons. The Kier molecular flexibility index (Phi) is 4.44. The van der Waals surface area contributed by atoms with E-state index in [0.717, 1.165) is 11.1 Å². The molecule has 0 spiro atoms. The quantitative estimate of drug-likeness (QED) is 0.623. The molecule has 4 nitrogen and oxygen atoms in total. The maximum Gasteiger partial charge on any atom is 0.363 e. The molecule has 0 amide bonds. The van der Waals surface area contributed by atoms with E-state index in [9.17, 15) is 4.79 Å². The van der Waals surface area contributed by atoms with Crippen molar-refractivity contribution < 1.29 is 14.3 Å². The number of rotatable bonds is 4. The van der Waals surface area contributed by atoms with Gasteiger partial charge in [-0.2, -0.15) is 0 Å². The Bertz CT molecular complexity index is 794. The van der Waals surface area contributed by atoms with Crippen LogP contribution in [0.1, 0.15) is 18.1 Å². The highest BCUT2D eigenvalue weighted by atomic mass is 35.5. The van der Waals surface area contributed by atoms with E-state index in [0.29, 0.717) is 23.3 Å². The third kappa shape index (κ3) is 3.79. The minimum atomic E-state index is -0.449. The highest BCUT2D eigenvalue weighted by Crippen LogP contribution is 2.24. The number of hydrogen-bond acceptors (Lipinski definition) is 4. The van der Waals surface area contributed by atoms with Gasteiger partial charge in [-0.3, -0.25) is 0 Å². The number of hydrogen-bond donors (Lipinski definition) is 0. The van der Waals surface area contributed by atoms with Crippen molar-refractivity contribution >= 4 is 29.5 Å². The molecule has 0 unspecified atom stereocenters. The fraction of sp³-hybridized carbons (Fsp3) is 0.111. The standard InChI is InChI=1S/C18H14ClNO3/c1-12-20-16(18(21)23-12)10-14-4-2-3-5-17(14)22-11-13-6-8-15(19)9-7-13/h2-10H,11H2,1H3/b16-10+. The van der Waals surface area contributed by atoms with Crippen molar-refractivity contribution in [3.8, 4) is 5.75 Å². The Morgan fingerprint density at radius 1 is 1.17 bits per heavy atom. The van der Waals surface area contributed by atoms with E-state index in [4.69, 9.17) is 21.1 Å². The van der Waals surface area contributed by atoms with Crippen molar-refractivity contribution in [2.45, 2.75) is 13.5 Å². The molecule has 0 aliphatic carbocycles. The summed E-state index contributed by atoms with van der Waals surface area (Å²) in [6.45, 7) is 2.05. The zero-order valence-corrected chi connectivity index (χ0v) is 13.2. The summed E-state index contributed by atoms with van der Waals surface area (Å²) in [4.78, 5) is 15.7. The van der Waals surface area contributed by atoms with Crippen molar-refractivity contribution in [3.05, 3.63) is 70.4 Å². The van der Waals surface area contributed by atoms with Crippen molar-refractivity contribution in [1.29, 1.82) is 0 Å². The third-order valence-electron chi connectivity index (χ3n) is 3.25. The van der Waals surface area contributed by atoms with Crippen molar-refractivity contribution in [3.63, 3.8) is 0 Å². The predicted molar refractivity (Wildman–Crippen MR) is 89.4 cm³/mol. The van der Waals surface area contributed by atoms with Gasteiger partial charge in [0.15, 0.2) is 11.6 Å². The summed E-state index contributed by atoms with van der Waals surface area (Å²) in [6.07, 6.45) is 1.66. The average Bonchev–Trinajstić information content (AvgIpc) is 2.86. The van der Waals surface area contributed by atoms with Crippen molar-refractivity contribution in [1.82, 2.24) is 0 Å². The molecule has 1 heterocycles. The fourth-order valence-corrected chi connectivity index (χ4v) is 2.26. The van der Waals surface area contributed by atoms with Crippen LogP contribution in [0.2, 0.25) is 5.02 Å². The van der Waals surface area contributed by atoms with Crippen molar-refractivity contribution in [2.24, 2.45) is 4.99 Å². The smallest absolute Gasteiger partial charge is 0.363 e. The van der Waals surface area contributed by atoms with Gasteiger partial charge >= 0.3 is 5.97 Å². The van der Waals surface area contributed by atoms with E-state index >= 15 is 0 Å². The van der Waals surface area contributed by atoms with Gasteiger partial charge in [0.2, 0.25) is 0 Å². The van der Waals surface area contributed by atoms with E-state index in [2.05, 4.69) is 4.99 Å². The summed E-state index contributed by atoms with van der Waals surface area (Å²) in [7, 11) is 0. The molecular formula is C18H14ClNO3. The number of para-hydroxylation sites is 1. The normalized spacial score (nSPS) is 15.5. The zero-order valence-electron chi connectivity index (χ0n) is 12.5. The maximum atomic E-state index is 11.7. The molecule has 0 saturated carbocycles. The van der Waals surface area contributed by atoms with Gasteiger partial charge in [0.1, 0.15) is 12.4 Å². The Morgan fingerprint density at radius 2 is 1.91 bits per heavy atom. The van der Waals surface area contributed by atoms with Gasteiger partial charge in [-0.05, 0) is 29.8 Å². The van der Waals surface area contributed by atoms with Crippen LogP contribution in [-0.2, 0) is 16.1 Å². The first-order valence-corrected chi connectivity index (χ1v) is 7.45. The second kappa shape index (κ2) is 6.67. The van der Waals surface area contributed by atoms with Crippen LogP contribution in [0.4, 0.5) is 0 Å². The topological polar surface area (TPSA) is 47.9 Å². The Labute approximate surface area is 139 Å². The molecule has 2 aromatic carbocycles. The molecule has 1 aliphatic rings. The van der Waals surface area contributed by atoms with E-state index in [-0.39, 0.29) is 5.70 Å². The summed E-state index contributed by atoms with van der Waals surface area (Å²) in [5, 5.41) is 0.687. The van der Waals surface area contributed by atoms with Gasteiger partial charge in [0.05, 0.1) is 0 Å². The van der Waals surface area contributed by atoms with Crippen LogP contribution in [0.5, 0.6) is 5.75 Å². The lowest BCUT2D eigenvalue weighted by Crippen LogP contribution is -2.00. The number of esters is 1. The van der Waals surface area contributed by atoms with E-state index in [1.165, 1.54) is 0 Å². The molecule has 3 rings (SSSR count). The van der Waals surface area contributed by atoms with Crippen LogP contribution in [0, 0.1) is 0 Å². The first kappa shape index (κ1) is 15.3. The van der Waals surface area contributed by atoms with Crippen molar-refractivity contribution in [2.75, 3.05) is 0 Å². The minimum absolute atomic E-state index is 0.269. The number of aliphatic imine (C=N–C) groups is 1. The van der Waals surface area contributed by atoms with Crippen LogP contribution in [0.3, 0.4) is 0 Å². The molecular weight excluding hydrogens is 314 g/mol. The largest absolute Gasteiger partial charge is 0.488 e. The molecule has 2 aromatic rings. The van der Waals surface area contributed by atoms with Gasteiger partial charge in [0.25, 0.3) is 0 Å². The maximum absolute atomic E-state index is 11.7. The Balaban J connectivity index is 1.80. The average molecular weight is 328 g/mol.